The number of ketones is 1. The molecule has 0 aromatic heterocycles. The number of carbonyl (C=O) groups is 3. The minimum Gasteiger partial charge on any atom is -0.466 e. The van der Waals surface area contributed by atoms with Crippen LogP contribution in [0.15, 0.2) is 0 Å². The summed E-state index contributed by atoms with van der Waals surface area (Å²) in [5.41, 5.74) is 0. The Morgan fingerprint density at radius 1 is 0.867 bits per heavy atom. The SMILES string of the molecule is CC(C)=O.CCOC(=O)CC(=O)OCC. The van der Waals surface area contributed by atoms with Crippen molar-refractivity contribution in [2.45, 2.75) is 34.1 Å². The monoisotopic (exact) mass is 218 g/mol. The first-order valence-corrected chi connectivity index (χ1v) is 4.72. The van der Waals surface area contributed by atoms with Gasteiger partial charge in [-0.3, -0.25) is 9.59 Å². The molecule has 0 aromatic rings. The van der Waals surface area contributed by atoms with Crippen LogP contribution in [0.4, 0.5) is 0 Å². The topological polar surface area (TPSA) is 69.7 Å². The summed E-state index contributed by atoms with van der Waals surface area (Å²) in [4.78, 5) is 30.7. The largest absolute Gasteiger partial charge is 0.466 e. The molecule has 0 saturated heterocycles. The van der Waals surface area contributed by atoms with Crippen molar-refractivity contribution in [3.63, 3.8) is 0 Å². The first-order chi connectivity index (χ1) is 6.93. The highest BCUT2D eigenvalue weighted by Gasteiger charge is 2.09. The highest BCUT2D eigenvalue weighted by atomic mass is 16.5. The molecule has 88 valence electrons. The van der Waals surface area contributed by atoms with Crippen molar-refractivity contribution < 1.29 is 23.9 Å². The summed E-state index contributed by atoms with van der Waals surface area (Å²) < 4.78 is 9.04. The van der Waals surface area contributed by atoms with Crippen molar-refractivity contribution in [3.8, 4) is 0 Å². The van der Waals surface area contributed by atoms with Crippen LogP contribution in [0.2, 0.25) is 0 Å². The lowest BCUT2D eigenvalue weighted by Crippen LogP contribution is -2.13. The summed E-state index contributed by atoms with van der Waals surface area (Å²) in [6, 6.07) is 0. The second-order valence-corrected chi connectivity index (χ2v) is 2.70. The van der Waals surface area contributed by atoms with Crippen molar-refractivity contribution in [2.75, 3.05) is 13.2 Å². The van der Waals surface area contributed by atoms with Crippen LogP contribution in [-0.4, -0.2) is 30.9 Å². The van der Waals surface area contributed by atoms with E-state index in [0.29, 0.717) is 0 Å². The molecule has 0 aromatic carbocycles. The predicted molar refractivity (Wildman–Crippen MR) is 54.2 cm³/mol. The zero-order valence-electron chi connectivity index (χ0n) is 9.66. The van der Waals surface area contributed by atoms with Gasteiger partial charge < -0.3 is 14.3 Å². The third kappa shape index (κ3) is 19.1. The molecule has 0 radical (unpaired) electrons. The van der Waals surface area contributed by atoms with Gasteiger partial charge in [0.2, 0.25) is 0 Å². The van der Waals surface area contributed by atoms with E-state index in [0.717, 1.165) is 0 Å². The Balaban J connectivity index is 0. The quantitative estimate of drug-likeness (QED) is 0.522. The Labute approximate surface area is 89.7 Å². The Kier molecular flexibility index (Phi) is 11.4. The minimum atomic E-state index is -0.536. The van der Waals surface area contributed by atoms with Crippen LogP contribution in [0.1, 0.15) is 34.1 Å². The minimum absolute atomic E-state index is 0.167. The van der Waals surface area contributed by atoms with Crippen molar-refractivity contribution in [3.05, 3.63) is 0 Å². The first-order valence-electron chi connectivity index (χ1n) is 4.72. The predicted octanol–water partition coefficient (Wildman–Crippen LogP) is 1.10. The molecule has 0 amide bonds. The van der Waals surface area contributed by atoms with Gasteiger partial charge in [0, 0.05) is 0 Å². The van der Waals surface area contributed by atoms with Gasteiger partial charge in [0.05, 0.1) is 13.2 Å². The summed E-state index contributed by atoms with van der Waals surface area (Å²) in [5.74, 6) is -0.906. The van der Waals surface area contributed by atoms with Crippen LogP contribution in [0, 0.1) is 0 Å². The van der Waals surface area contributed by atoms with E-state index < -0.39 is 11.9 Å². The lowest BCUT2D eigenvalue weighted by molar-refractivity contribution is -0.153. The molecule has 0 saturated carbocycles. The van der Waals surface area contributed by atoms with E-state index in [4.69, 9.17) is 0 Å². The molecule has 0 aliphatic carbocycles. The molecule has 15 heavy (non-hydrogen) atoms. The zero-order chi connectivity index (χ0) is 12.3. The van der Waals surface area contributed by atoms with E-state index in [1.165, 1.54) is 13.8 Å². The van der Waals surface area contributed by atoms with E-state index in [-0.39, 0.29) is 25.4 Å². The maximum Gasteiger partial charge on any atom is 0.317 e. The maximum absolute atomic E-state index is 10.6. The smallest absolute Gasteiger partial charge is 0.317 e. The van der Waals surface area contributed by atoms with Crippen molar-refractivity contribution in [1.29, 1.82) is 0 Å². The van der Waals surface area contributed by atoms with Gasteiger partial charge in [0.15, 0.2) is 0 Å². The Hall–Kier alpha value is -1.39. The molecule has 0 bridgehead atoms. The molecule has 0 spiro atoms. The van der Waals surface area contributed by atoms with Gasteiger partial charge in [0.1, 0.15) is 12.2 Å². The highest BCUT2D eigenvalue weighted by molar-refractivity contribution is 5.91. The summed E-state index contributed by atoms with van der Waals surface area (Å²) in [7, 11) is 0. The van der Waals surface area contributed by atoms with Crippen LogP contribution in [0.5, 0.6) is 0 Å². The van der Waals surface area contributed by atoms with E-state index in [2.05, 4.69) is 9.47 Å². The van der Waals surface area contributed by atoms with Crippen LogP contribution in [0.25, 0.3) is 0 Å². The fraction of sp³-hybridized carbons (Fsp3) is 0.700. The molecule has 0 aliphatic heterocycles. The summed E-state index contributed by atoms with van der Waals surface area (Å²) in [6.07, 6.45) is -0.290. The third-order valence-corrected chi connectivity index (χ3v) is 0.899. The van der Waals surface area contributed by atoms with E-state index in [1.807, 2.05) is 0 Å². The van der Waals surface area contributed by atoms with Gasteiger partial charge in [-0.05, 0) is 27.7 Å². The van der Waals surface area contributed by atoms with Gasteiger partial charge >= 0.3 is 11.9 Å². The van der Waals surface area contributed by atoms with E-state index in [1.54, 1.807) is 13.8 Å². The first kappa shape index (κ1) is 16.1. The lowest BCUT2D eigenvalue weighted by Gasteiger charge is -2.00. The number of hydrogen-bond donors (Lipinski definition) is 0. The normalized spacial score (nSPS) is 8.27. The summed E-state index contributed by atoms with van der Waals surface area (Å²) in [6.45, 7) is 7.00. The second-order valence-electron chi connectivity index (χ2n) is 2.70. The number of Topliss-reactive ketones (excluding diaryl/α,β-unsaturated/α-hetero) is 1. The fourth-order valence-corrected chi connectivity index (χ4v) is 0.542. The van der Waals surface area contributed by atoms with Crippen molar-refractivity contribution in [2.24, 2.45) is 0 Å². The molecule has 5 heteroatoms. The van der Waals surface area contributed by atoms with Gasteiger partial charge in [-0.2, -0.15) is 0 Å². The molecule has 5 nitrogen and oxygen atoms in total. The maximum atomic E-state index is 10.6. The van der Waals surface area contributed by atoms with Gasteiger partial charge in [-0.1, -0.05) is 0 Å². The van der Waals surface area contributed by atoms with E-state index in [9.17, 15) is 14.4 Å². The molecular weight excluding hydrogens is 200 g/mol. The number of rotatable bonds is 4. The number of hydrogen-bond acceptors (Lipinski definition) is 5. The molecule has 0 unspecified atom stereocenters. The van der Waals surface area contributed by atoms with Crippen LogP contribution < -0.4 is 0 Å². The Morgan fingerprint density at radius 2 is 1.13 bits per heavy atom. The molecule has 0 aliphatic rings. The molecule has 0 fully saturated rings. The van der Waals surface area contributed by atoms with Crippen molar-refractivity contribution in [1.82, 2.24) is 0 Å². The van der Waals surface area contributed by atoms with Crippen molar-refractivity contribution >= 4 is 17.7 Å². The lowest BCUT2D eigenvalue weighted by atomic mass is 10.4. The van der Waals surface area contributed by atoms with Gasteiger partial charge in [-0.15, -0.1) is 0 Å². The molecule has 0 rings (SSSR count). The van der Waals surface area contributed by atoms with Crippen LogP contribution in [0.3, 0.4) is 0 Å². The highest BCUT2D eigenvalue weighted by Crippen LogP contribution is 1.89. The Morgan fingerprint density at radius 3 is 1.33 bits per heavy atom. The van der Waals surface area contributed by atoms with Crippen LogP contribution in [-0.2, 0) is 23.9 Å². The van der Waals surface area contributed by atoms with E-state index >= 15 is 0 Å². The fourth-order valence-electron chi connectivity index (χ4n) is 0.542. The van der Waals surface area contributed by atoms with Gasteiger partial charge in [-0.25, -0.2) is 0 Å². The average Bonchev–Trinajstić information content (AvgIpc) is 2.03. The number of carbonyl (C=O) groups excluding carboxylic acids is 3. The number of esters is 2. The van der Waals surface area contributed by atoms with Crippen LogP contribution >= 0.6 is 0 Å². The van der Waals surface area contributed by atoms with Gasteiger partial charge in [0.25, 0.3) is 0 Å². The summed E-state index contributed by atoms with van der Waals surface area (Å²) in [5, 5.41) is 0. The third-order valence-electron chi connectivity index (χ3n) is 0.899. The standard InChI is InChI=1S/C7H12O4.C3H6O/c1-3-10-6(8)5-7(9)11-4-2;1-3(2)4/h3-5H2,1-2H3;1-2H3. The molecule has 0 atom stereocenters. The molecular formula is C10H18O5. The second kappa shape index (κ2) is 10.7. The molecule has 0 heterocycles. The Bertz CT molecular complexity index is 190. The summed E-state index contributed by atoms with van der Waals surface area (Å²) >= 11 is 0. The average molecular weight is 218 g/mol. The number of ether oxygens (including phenoxy) is 2. The molecule has 0 N–H and O–H groups in total. The zero-order valence-corrected chi connectivity index (χ0v) is 9.66.